The van der Waals surface area contributed by atoms with Gasteiger partial charge in [0.05, 0.1) is 37.1 Å². The lowest BCUT2D eigenvalue weighted by molar-refractivity contribution is 0.384. The van der Waals surface area contributed by atoms with Gasteiger partial charge in [-0.3, -0.25) is 9.36 Å². The summed E-state index contributed by atoms with van der Waals surface area (Å²) in [5, 5.41) is 2.89. The highest BCUT2D eigenvalue weighted by Crippen LogP contribution is 2.24. The van der Waals surface area contributed by atoms with Crippen LogP contribution in [-0.4, -0.2) is 40.1 Å². The molecule has 0 atom stereocenters. The summed E-state index contributed by atoms with van der Waals surface area (Å²) in [6.07, 6.45) is 3.06. The van der Waals surface area contributed by atoms with Crippen LogP contribution in [-0.2, 0) is 34.9 Å². The number of hydrogen-bond acceptors (Lipinski definition) is 6. The molecule has 0 bridgehead atoms. The number of nitrogens with zero attached hydrogens (tertiary/aromatic N) is 4. The van der Waals surface area contributed by atoms with Crippen LogP contribution in [0.1, 0.15) is 42.7 Å². The van der Waals surface area contributed by atoms with Crippen molar-refractivity contribution >= 4 is 21.4 Å². The molecule has 7 nitrogen and oxygen atoms in total. The summed E-state index contributed by atoms with van der Waals surface area (Å²) in [7, 11) is -3.28. The Bertz CT molecular complexity index is 954. The predicted molar refractivity (Wildman–Crippen MR) is 97.4 cm³/mol. The van der Waals surface area contributed by atoms with Crippen molar-refractivity contribution < 1.29 is 8.42 Å². The Morgan fingerprint density at radius 3 is 2.64 bits per heavy atom. The summed E-state index contributed by atoms with van der Waals surface area (Å²) in [5.74, 6) is 0. The molecule has 0 spiro atoms. The first-order chi connectivity index (χ1) is 11.6. The highest BCUT2D eigenvalue weighted by Gasteiger charge is 2.26. The fourth-order valence-electron chi connectivity index (χ4n) is 2.71. The van der Waals surface area contributed by atoms with E-state index in [1.54, 1.807) is 4.57 Å². The monoisotopic (exact) mass is 382 g/mol. The van der Waals surface area contributed by atoms with E-state index in [1.807, 2.05) is 5.38 Å². The number of thiazole rings is 1. The Morgan fingerprint density at radius 1 is 1.32 bits per heavy atom. The average molecular weight is 383 g/mol. The molecule has 0 aliphatic carbocycles. The first-order valence-electron chi connectivity index (χ1n) is 8.03. The van der Waals surface area contributed by atoms with E-state index in [-0.39, 0.29) is 17.5 Å². The molecule has 3 heterocycles. The van der Waals surface area contributed by atoms with Gasteiger partial charge in [-0.2, -0.15) is 4.31 Å². The van der Waals surface area contributed by atoms with E-state index in [4.69, 9.17) is 0 Å². The van der Waals surface area contributed by atoms with Crippen molar-refractivity contribution in [3.8, 4) is 0 Å². The van der Waals surface area contributed by atoms with E-state index in [1.165, 1.54) is 28.2 Å². The summed E-state index contributed by atoms with van der Waals surface area (Å²) in [6.45, 7) is 7.17. The van der Waals surface area contributed by atoms with Crippen LogP contribution in [0.2, 0.25) is 0 Å². The number of sulfonamides is 1. The third-order valence-electron chi connectivity index (χ3n) is 4.25. The Kier molecular flexibility index (Phi) is 4.59. The lowest BCUT2D eigenvalue weighted by Gasteiger charge is -2.25. The lowest BCUT2D eigenvalue weighted by atomic mass is 9.93. The first-order valence-corrected chi connectivity index (χ1v) is 10.8. The minimum atomic E-state index is -3.28. The Morgan fingerprint density at radius 2 is 2.04 bits per heavy atom. The summed E-state index contributed by atoms with van der Waals surface area (Å²) >= 11 is 1.53. The van der Waals surface area contributed by atoms with E-state index in [0.717, 1.165) is 10.7 Å². The van der Waals surface area contributed by atoms with Crippen LogP contribution in [0.3, 0.4) is 0 Å². The van der Waals surface area contributed by atoms with E-state index >= 15 is 0 Å². The van der Waals surface area contributed by atoms with Gasteiger partial charge >= 0.3 is 0 Å². The summed E-state index contributed by atoms with van der Waals surface area (Å²) in [4.78, 5) is 21.7. The second-order valence-corrected chi connectivity index (χ2v) is 10.3. The van der Waals surface area contributed by atoms with Gasteiger partial charge in [0.25, 0.3) is 5.56 Å². The van der Waals surface area contributed by atoms with Gasteiger partial charge in [0, 0.05) is 22.9 Å². The van der Waals surface area contributed by atoms with E-state index in [9.17, 15) is 13.2 Å². The van der Waals surface area contributed by atoms with Gasteiger partial charge in [-0.15, -0.1) is 11.3 Å². The Labute approximate surface area is 151 Å². The second-order valence-electron chi connectivity index (χ2n) is 7.33. The summed E-state index contributed by atoms with van der Waals surface area (Å²) < 4.78 is 26.3. The fraction of sp³-hybridized carbons (Fsp3) is 0.562. The van der Waals surface area contributed by atoms with Crippen LogP contribution in [0.25, 0.3) is 0 Å². The molecule has 0 radical (unpaired) electrons. The van der Waals surface area contributed by atoms with Gasteiger partial charge in [0.1, 0.15) is 5.01 Å². The molecule has 0 saturated heterocycles. The highest BCUT2D eigenvalue weighted by molar-refractivity contribution is 7.88. The van der Waals surface area contributed by atoms with Gasteiger partial charge < -0.3 is 0 Å². The number of fused-ring (bicyclic) bond motifs is 1. The Balaban J connectivity index is 1.86. The maximum atomic E-state index is 12.7. The van der Waals surface area contributed by atoms with E-state index < -0.39 is 10.0 Å². The molecular formula is C16H22N4O3S2. The molecule has 2 aromatic rings. The number of rotatable bonds is 3. The zero-order valence-electron chi connectivity index (χ0n) is 14.8. The van der Waals surface area contributed by atoms with Crippen molar-refractivity contribution in [3.63, 3.8) is 0 Å². The van der Waals surface area contributed by atoms with E-state index in [0.29, 0.717) is 30.8 Å². The average Bonchev–Trinajstić information content (AvgIpc) is 2.98. The quantitative estimate of drug-likeness (QED) is 0.800. The molecule has 0 saturated carbocycles. The third kappa shape index (κ3) is 3.83. The molecule has 2 aromatic heterocycles. The maximum absolute atomic E-state index is 12.7. The normalized spacial score (nSPS) is 16.0. The molecule has 0 amide bonds. The van der Waals surface area contributed by atoms with Crippen LogP contribution in [0, 0.1) is 0 Å². The fourth-order valence-corrected chi connectivity index (χ4v) is 4.50. The molecule has 1 aliphatic heterocycles. The summed E-state index contributed by atoms with van der Waals surface area (Å²) in [5.41, 5.74) is 2.03. The van der Waals surface area contributed by atoms with Gasteiger partial charge in [-0.1, -0.05) is 20.8 Å². The van der Waals surface area contributed by atoms with Crippen molar-refractivity contribution in [3.05, 3.63) is 44.0 Å². The van der Waals surface area contributed by atoms with Crippen LogP contribution < -0.4 is 5.56 Å². The van der Waals surface area contributed by atoms with Gasteiger partial charge in [-0.25, -0.2) is 18.4 Å². The van der Waals surface area contributed by atoms with Gasteiger partial charge in [0.15, 0.2) is 0 Å². The molecule has 25 heavy (non-hydrogen) atoms. The minimum absolute atomic E-state index is 0.0249. The van der Waals surface area contributed by atoms with Crippen molar-refractivity contribution in [1.29, 1.82) is 0 Å². The van der Waals surface area contributed by atoms with Crippen molar-refractivity contribution in [2.75, 3.05) is 12.8 Å². The standard InChI is InChI=1S/C16H22N4O3S2/c1-16(2,3)13-9-24-14(18-13)8-19-10-17-12-7-20(25(4,22)23)6-5-11(12)15(19)21/h9-10H,5-8H2,1-4H3. The third-order valence-corrected chi connectivity index (χ3v) is 6.34. The molecule has 0 fully saturated rings. The van der Waals surface area contributed by atoms with E-state index in [2.05, 4.69) is 30.7 Å². The smallest absolute Gasteiger partial charge is 0.257 e. The van der Waals surface area contributed by atoms with Crippen LogP contribution in [0.15, 0.2) is 16.5 Å². The second kappa shape index (κ2) is 6.30. The molecule has 3 rings (SSSR count). The SMILES string of the molecule is CC(C)(C)c1csc(Cn2cnc3c(c2=O)CCN(S(C)(=O)=O)C3)n1. The minimum Gasteiger partial charge on any atom is -0.292 e. The molecule has 136 valence electrons. The number of aromatic nitrogens is 3. The Hall–Kier alpha value is -1.58. The van der Waals surface area contributed by atoms with Crippen LogP contribution in [0.4, 0.5) is 0 Å². The first kappa shape index (κ1) is 18.2. The zero-order valence-corrected chi connectivity index (χ0v) is 16.4. The molecule has 0 N–H and O–H groups in total. The zero-order chi connectivity index (χ0) is 18.4. The molecule has 0 unspecified atom stereocenters. The van der Waals surface area contributed by atoms with Crippen molar-refractivity contribution in [1.82, 2.24) is 18.8 Å². The van der Waals surface area contributed by atoms with Crippen molar-refractivity contribution in [2.24, 2.45) is 0 Å². The molecular weight excluding hydrogens is 360 g/mol. The largest absolute Gasteiger partial charge is 0.292 e. The van der Waals surface area contributed by atoms with Crippen LogP contribution in [0.5, 0.6) is 0 Å². The van der Waals surface area contributed by atoms with Crippen LogP contribution >= 0.6 is 11.3 Å². The van der Waals surface area contributed by atoms with Gasteiger partial charge in [-0.05, 0) is 6.42 Å². The maximum Gasteiger partial charge on any atom is 0.257 e. The molecule has 0 aromatic carbocycles. The molecule has 1 aliphatic rings. The van der Waals surface area contributed by atoms with Crippen molar-refractivity contribution in [2.45, 2.75) is 45.7 Å². The molecule has 9 heteroatoms. The highest BCUT2D eigenvalue weighted by atomic mass is 32.2. The summed E-state index contributed by atoms with van der Waals surface area (Å²) in [6, 6.07) is 0. The topological polar surface area (TPSA) is 85.2 Å². The lowest BCUT2D eigenvalue weighted by Crippen LogP contribution is -2.39. The predicted octanol–water partition coefficient (Wildman–Crippen LogP) is 1.36. The van der Waals surface area contributed by atoms with Gasteiger partial charge in [0.2, 0.25) is 10.0 Å². The number of hydrogen-bond donors (Lipinski definition) is 0.